The minimum Gasteiger partial charge on any atom is -0.350 e. The highest BCUT2D eigenvalue weighted by molar-refractivity contribution is 5.93. The first-order chi connectivity index (χ1) is 16.2. The van der Waals surface area contributed by atoms with Crippen molar-refractivity contribution < 1.29 is 4.79 Å². The van der Waals surface area contributed by atoms with E-state index in [0.717, 1.165) is 45.7 Å². The Hall–Kier alpha value is -2.97. The molecule has 1 saturated heterocycles. The molecule has 8 heteroatoms. The molecule has 4 rings (SSSR count). The van der Waals surface area contributed by atoms with E-state index in [0.29, 0.717) is 11.5 Å². The summed E-state index contributed by atoms with van der Waals surface area (Å²) in [7, 11) is 2.11. The lowest BCUT2D eigenvalue weighted by Gasteiger charge is -2.34. The molecule has 33 heavy (non-hydrogen) atoms. The SMILES string of the molecule is CCCCCCNNC(=O)c1cnc(N2CCN(Cc3cn(C)c4ccccc34)CC2)nc1. The summed E-state index contributed by atoms with van der Waals surface area (Å²) in [5, 5.41) is 1.33. The van der Waals surface area contributed by atoms with Crippen molar-refractivity contribution >= 4 is 22.8 Å². The summed E-state index contributed by atoms with van der Waals surface area (Å²) >= 11 is 0. The highest BCUT2D eigenvalue weighted by atomic mass is 16.2. The molecule has 1 aliphatic rings. The van der Waals surface area contributed by atoms with Gasteiger partial charge in [-0.3, -0.25) is 15.1 Å². The number of fused-ring (bicyclic) bond motifs is 1. The maximum Gasteiger partial charge on any atom is 0.268 e. The minimum absolute atomic E-state index is 0.197. The van der Waals surface area contributed by atoms with Gasteiger partial charge in [-0.25, -0.2) is 15.4 Å². The zero-order valence-corrected chi connectivity index (χ0v) is 19.8. The number of rotatable bonds is 10. The molecule has 0 radical (unpaired) electrons. The summed E-state index contributed by atoms with van der Waals surface area (Å²) in [6.07, 6.45) is 10.1. The summed E-state index contributed by atoms with van der Waals surface area (Å²) < 4.78 is 2.20. The van der Waals surface area contributed by atoms with Crippen LogP contribution in [0.4, 0.5) is 5.95 Å². The van der Waals surface area contributed by atoms with Crippen LogP contribution in [0.25, 0.3) is 10.9 Å². The highest BCUT2D eigenvalue weighted by Gasteiger charge is 2.20. The number of carbonyl (C=O) groups is 1. The third kappa shape index (κ3) is 5.89. The van der Waals surface area contributed by atoms with Crippen molar-refractivity contribution in [3.05, 3.63) is 54.0 Å². The van der Waals surface area contributed by atoms with Gasteiger partial charge in [0.1, 0.15) is 0 Å². The lowest BCUT2D eigenvalue weighted by Crippen LogP contribution is -2.46. The molecule has 2 aromatic heterocycles. The molecular formula is C25H35N7O. The number of benzene rings is 1. The molecule has 2 N–H and O–H groups in total. The Labute approximate surface area is 196 Å². The Balaban J connectivity index is 1.24. The minimum atomic E-state index is -0.197. The number of carbonyl (C=O) groups excluding carboxylic acids is 1. The summed E-state index contributed by atoms with van der Waals surface area (Å²) in [5.74, 6) is 0.487. The molecule has 176 valence electrons. The molecule has 0 unspecified atom stereocenters. The van der Waals surface area contributed by atoms with Crippen LogP contribution in [0.5, 0.6) is 0 Å². The van der Waals surface area contributed by atoms with Crippen molar-refractivity contribution in [2.24, 2.45) is 7.05 Å². The molecule has 1 aliphatic heterocycles. The van der Waals surface area contributed by atoms with E-state index in [1.807, 2.05) is 0 Å². The predicted molar refractivity (Wildman–Crippen MR) is 132 cm³/mol. The number of amides is 1. The number of nitrogens with one attached hydrogen (secondary N) is 2. The molecular weight excluding hydrogens is 414 g/mol. The fraction of sp³-hybridized carbons (Fsp3) is 0.480. The van der Waals surface area contributed by atoms with Crippen molar-refractivity contribution in [1.29, 1.82) is 0 Å². The second-order valence-corrected chi connectivity index (χ2v) is 8.76. The first-order valence-corrected chi connectivity index (χ1v) is 12.0. The van der Waals surface area contributed by atoms with Crippen LogP contribution in [-0.4, -0.2) is 58.1 Å². The van der Waals surface area contributed by atoms with Crippen molar-refractivity contribution in [1.82, 2.24) is 30.3 Å². The number of nitrogens with zero attached hydrogens (tertiary/aromatic N) is 5. The van der Waals surface area contributed by atoms with E-state index in [-0.39, 0.29) is 5.91 Å². The van der Waals surface area contributed by atoms with Crippen LogP contribution in [0.2, 0.25) is 0 Å². The molecule has 0 bridgehead atoms. The smallest absolute Gasteiger partial charge is 0.268 e. The topological polar surface area (TPSA) is 78.3 Å². The van der Waals surface area contributed by atoms with E-state index in [2.05, 4.69) is 79.6 Å². The second-order valence-electron chi connectivity index (χ2n) is 8.76. The molecule has 0 atom stereocenters. The fourth-order valence-corrected chi connectivity index (χ4v) is 4.36. The van der Waals surface area contributed by atoms with Crippen LogP contribution in [0, 0.1) is 0 Å². The van der Waals surface area contributed by atoms with Gasteiger partial charge in [0.25, 0.3) is 5.91 Å². The van der Waals surface area contributed by atoms with E-state index in [1.165, 1.54) is 35.7 Å². The number of anilines is 1. The number of unbranched alkanes of at least 4 members (excludes halogenated alkanes) is 3. The van der Waals surface area contributed by atoms with Crippen LogP contribution < -0.4 is 15.8 Å². The van der Waals surface area contributed by atoms with Crippen LogP contribution in [0.3, 0.4) is 0 Å². The van der Waals surface area contributed by atoms with E-state index in [9.17, 15) is 4.79 Å². The fourth-order valence-electron chi connectivity index (χ4n) is 4.36. The predicted octanol–water partition coefficient (Wildman–Crippen LogP) is 3.11. The molecule has 8 nitrogen and oxygen atoms in total. The Morgan fingerprint density at radius 2 is 1.79 bits per heavy atom. The van der Waals surface area contributed by atoms with Crippen LogP contribution in [0.1, 0.15) is 48.5 Å². The largest absolute Gasteiger partial charge is 0.350 e. The van der Waals surface area contributed by atoms with Crippen molar-refractivity contribution in [3.63, 3.8) is 0 Å². The Morgan fingerprint density at radius 1 is 1.03 bits per heavy atom. The summed E-state index contributed by atoms with van der Waals surface area (Å²) in [6.45, 7) is 7.55. The zero-order chi connectivity index (χ0) is 23.0. The standard InChI is InChI=1S/C25H35N7O/c1-3-4-5-8-11-28-29-24(33)20-16-26-25(27-17-20)32-14-12-31(13-15-32)19-21-18-30(2)23-10-7-6-9-22(21)23/h6-7,9-10,16-18,28H,3-5,8,11-15,19H2,1-2H3,(H,29,33). The number of para-hydroxylation sites is 1. The van der Waals surface area contributed by atoms with Gasteiger partial charge in [0.05, 0.1) is 5.56 Å². The maximum atomic E-state index is 12.3. The van der Waals surface area contributed by atoms with Gasteiger partial charge in [-0.05, 0) is 18.1 Å². The number of hydrogen-bond donors (Lipinski definition) is 2. The molecule has 0 spiro atoms. The van der Waals surface area contributed by atoms with Gasteiger partial charge in [-0.1, -0.05) is 44.4 Å². The lowest BCUT2D eigenvalue weighted by molar-refractivity contribution is 0.0932. The molecule has 1 aromatic carbocycles. The number of hydrogen-bond acceptors (Lipinski definition) is 6. The van der Waals surface area contributed by atoms with E-state index < -0.39 is 0 Å². The quantitative estimate of drug-likeness (QED) is 0.366. The first-order valence-electron chi connectivity index (χ1n) is 12.0. The Morgan fingerprint density at radius 3 is 2.55 bits per heavy atom. The van der Waals surface area contributed by atoms with Crippen molar-refractivity contribution in [2.75, 3.05) is 37.6 Å². The van der Waals surface area contributed by atoms with Gasteiger partial charge >= 0.3 is 0 Å². The third-order valence-corrected chi connectivity index (χ3v) is 6.29. The Bertz CT molecular complexity index is 1040. The molecule has 1 fully saturated rings. The summed E-state index contributed by atoms with van der Waals surface area (Å²) in [6, 6.07) is 8.57. The van der Waals surface area contributed by atoms with Crippen molar-refractivity contribution in [3.8, 4) is 0 Å². The normalized spacial score (nSPS) is 14.7. The van der Waals surface area contributed by atoms with Crippen LogP contribution >= 0.6 is 0 Å². The summed E-state index contributed by atoms with van der Waals surface area (Å²) in [5.41, 5.74) is 8.82. The second kappa shape index (κ2) is 11.2. The highest BCUT2D eigenvalue weighted by Crippen LogP contribution is 2.22. The van der Waals surface area contributed by atoms with Crippen LogP contribution in [-0.2, 0) is 13.6 Å². The molecule has 0 aliphatic carbocycles. The molecule has 1 amide bonds. The van der Waals surface area contributed by atoms with Gasteiger partial charge in [-0.15, -0.1) is 0 Å². The van der Waals surface area contributed by atoms with Gasteiger partial charge in [0.2, 0.25) is 5.95 Å². The number of piperazine rings is 1. The van der Waals surface area contributed by atoms with Crippen molar-refractivity contribution in [2.45, 2.75) is 39.2 Å². The number of hydrazine groups is 1. The number of aryl methyl sites for hydroxylation is 1. The maximum absolute atomic E-state index is 12.3. The zero-order valence-electron chi connectivity index (χ0n) is 19.8. The van der Waals surface area contributed by atoms with E-state index in [1.54, 1.807) is 12.4 Å². The average molecular weight is 450 g/mol. The molecule has 3 heterocycles. The van der Waals surface area contributed by atoms with Gasteiger partial charge in [0.15, 0.2) is 0 Å². The first kappa shape index (κ1) is 23.2. The van der Waals surface area contributed by atoms with E-state index in [4.69, 9.17) is 0 Å². The third-order valence-electron chi connectivity index (χ3n) is 6.29. The molecule has 3 aromatic rings. The Kier molecular flexibility index (Phi) is 7.91. The van der Waals surface area contributed by atoms with Gasteiger partial charge in [0, 0.05) is 75.8 Å². The van der Waals surface area contributed by atoms with E-state index >= 15 is 0 Å². The monoisotopic (exact) mass is 449 g/mol. The average Bonchev–Trinajstić information content (AvgIpc) is 3.17. The van der Waals surface area contributed by atoms with Gasteiger partial charge in [-0.2, -0.15) is 0 Å². The number of aromatic nitrogens is 3. The summed E-state index contributed by atoms with van der Waals surface area (Å²) in [4.78, 5) is 25.8. The van der Waals surface area contributed by atoms with Crippen LogP contribution in [0.15, 0.2) is 42.9 Å². The van der Waals surface area contributed by atoms with Gasteiger partial charge < -0.3 is 9.47 Å². The lowest BCUT2D eigenvalue weighted by atomic mass is 10.1. The molecule has 0 saturated carbocycles.